The second kappa shape index (κ2) is 8.92. The summed E-state index contributed by atoms with van der Waals surface area (Å²) in [7, 11) is 4.92. The lowest BCUT2D eigenvalue weighted by atomic mass is 10.2. The Morgan fingerprint density at radius 3 is 2.74 bits per heavy atom. The Labute approximate surface area is 165 Å². The van der Waals surface area contributed by atoms with Gasteiger partial charge in [-0.1, -0.05) is 11.8 Å². The van der Waals surface area contributed by atoms with Gasteiger partial charge in [-0.2, -0.15) is 11.3 Å². The number of benzene rings is 1. The van der Waals surface area contributed by atoms with Crippen LogP contribution in [-0.2, 0) is 11.3 Å². The number of methoxy groups -OCH3 is 2. The van der Waals surface area contributed by atoms with E-state index in [4.69, 9.17) is 13.9 Å². The van der Waals surface area contributed by atoms with Crippen molar-refractivity contribution in [3.05, 3.63) is 40.6 Å². The predicted octanol–water partition coefficient (Wildman–Crippen LogP) is 3.57. The van der Waals surface area contributed by atoms with E-state index in [0.717, 1.165) is 5.56 Å². The smallest absolute Gasteiger partial charge is 0.277 e. The molecule has 3 aromatic rings. The fraction of sp³-hybridized carbons (Fsp3) is 0.278. The van der Waals surface area contributed by atoms with Crippen LogP contribution in [0.25, 0.3) is 11.5 Å². The zero-order chi connectivity index (χ0) is 19.2. The molecule has 0 atom stereocenters. The maximum absolute atomic E-state index is 12.3. The number of amides is 1. The van der Waals surface area contributed by atoms with E-state index < -0.39 is 0 Å². The van der Waals surface area contributed by atoms with Gasteiger partial charge in [0.2, 0.25) is 11.8 Å². The van der Waals surface area contributed by atoms with Gasteiger partial charge in [0.25, 0.3) is 5.22 Å². The van der Waals surface area contributed by atoms with Crippen LogP contribution in [0.4, 0.5) is 0 Å². The molecule has 2 aromatic heterocycles. The summed E-state index contributed by atoms with van der Waals surface area (Å²) in [5.41, 5.74) is 1.84. The minimum atomic E-state index is -0.00272. The number of carbonyl (C=O) groups excluding carboxylic acids is 1. The number of thioether (sulfide) groups is 1. The molecule has 0 unspecified atom stereocenters. The van der Waals surface area contributed by atoms with Crippen molar-refractivity contribution in [2.24, 2.45) is 0 Å². The summed E-state index contributed by atoms with van der Waals surface area (Å²) in [5.74, 6) is 1.78. The molecule has 0 spiro atoms. The van der Waals surface area contributed by atoms with Crippen LogP contribution in [0.1, 0.15) is 5.56 Å². The van der Waals surface area contributed by atoms with Gasteiger partial charge in [-0.3, -0.25) is 4.79 Å². The first kappa shape index (κ1) is 19.2. The molecule has 3 rings (SSSR count). The standard InChI is InChI=1S/C18H19N3O4S2/c1-21(9-12-6-7-26-10-12)16(22)11-27-18-20-19-17(25-18)13-4-5-14(23-2)15(8-13)24-3/h4-8,10H,9,11H2,1-3H3. The number of nitrogens with zero attached hydrogens (tertiary/aromatic N) is 3. The van der Waals surface area contributed by atoms with Gasteiger partial charge in [-0.05, 0) is 40.6 Å². The third kappa shape index (κ3) is 4.81. The highest BCUT2D eigenvalue weighted by molar-refractivity contribution is 7.99. The predicted molar refractivity (Wildman–Crippen MR) is 104 cm³/mol. The molecule has 0 aliphatic carbocycles. The molecule has 7 nitrogen and oxygen atoms in total. The van der Waals surface area contributed by atoms with Gasteiger partial charge >= 0.3 is 0 Å². The van der Waals surface area contributed by atoms with Gasteiger partial charge in [0.15, 0.2) is 11.5 Å². The molecule has 0 aliphatic rings. The van der Waals surface area contributed by atoms with Gasteiger partial charge in [0.05, 0.1) is 20.0 Å². The van der Waals surface area contributed by atoms with Crippen molar-refractivity contribution in [2.75, 3.05) is 27.0 Å². The molecule has 0 radical (unpaired) electrons. The Morgan fingerprint density at radius 2 is 2.04 bits per heavy atom. The number of hydrogen-bond donors (Lipinski definition) is 0. The number of thiophene rings is 1. The molecule has 142 valence electrons. The largest absolute Gasteiger partial charge is 0.493 e. The average Bonchev–Trinajstić information content (AvgIpc) is 3.37. The number of ether oxygens (including phenoxy) is 2. The van der Waals surface area contributed by atoms with Gasteiger partial charge in [-0.25, -0.2) is 0 Å². The Balaban J connectivity index is 1.60. The number of carbonyl (C=O) groups is 1. The quantitative estimate of drug-likeness (QED) is 0.530. The average molecular weight is 406 g/mol. The normalized spacial score (nSPS) is 10.6. The van der Waals surface area contributed by atoms with Gasteiger partial charge < -0.3 is 18.8 Å². The van der Waals surface area contributed by atoms with Gasteiger partial charge in [0, 0.05) is 19.2 Å². The summed E-state index contributed by atoms with van der Waals surface area (Å²) in [6.45, 7) is 0.587. The van der Waals surface area contributed by atoms with Crippen LogP contribution in [0, 0.1) is 0 Å². The van der Waals surface area contributed by atoms with Crippen LogP contribution in [0.2, 0.25) is 0 Å². The molecule has 2 heterocycles. The third-order valence-electron chi connectivity index (χ3n) is 3.78. The van der Waals surface area contributed by atoms with Crippen LogP contribution in [0.3, 0.4) is 0 Å². The van der Waals surface area contributed by atoms with Crippen LogP contribution in [0.5, 0.6) is 11.5 Å². The Kier molecular flexibility index (Phi) is 6.36. The highest BCUT2D eigenvalue weighted by atomic mass is 32.2. The SMILES string of the molecule is COc1ccc(-c2nnc(SCC(=O)N(C)Cc3ccsc3)o2)cc1OC. The molecular weight excluding hydrogens is 386 g/mol. The van der Waals surface area contributed by atoms with E-state index in [2.05, 4.69) is 10.2 Å². The van der Waals surface area contributed by atoms with Crippen LogP contribution < -0.4 is 9.47 Å². The van der Waals surface area contributed by atoms with Crippen LogP contribution in [0.15, 0.2) is 44.7 Å². The zero-order valence-corrected chi connectivity index (χ0v) is 16.8. The zero-order valence-electron chi connectivity index (χ0n) is 15.2. The molecule has 0 bridgehead atoms. The minimum absolute atomic E-state index is 0.00272. The van der Waals surface area contributed by atoms with E-state index in [1.807, 2.05) is 22.9 Å². The van der Waals surface area contributed by atoms with Crippen molar-refractivity contribution < 1.29 is 18.7 Å². The second-order valence-corrected chi connectivity index (χ2v) is 7.32. The Morgan fingerprint density at radius 1 is 1.22 bits per heavy atom. The Bertz CT molecular complexity index is 896. The summed E-state index contributed by atoms with van der Waals surface area (Å²) in [6, 6.07) is 7.35. The topological polar surface area (TPSA) is 77.7 Å². The third-order valence-corrected chi connectivity index (χ3v) is 5.32. The molecule has 0 N–H and O–H groups in total. The van der Waals surface area contributed by atoms with Crippen molar-refractivity contribution >= 4 is 29.0 Å². The molecule has 9 heteroatoms. The summed E-state index contributed by atoms with van der Waals surface area (Å²) in [5, 5.41) is 12.4. The van der Waals surface area contributed by atoms with E-state index >= 15 is 0 Å². The first-order chi connectivity index (χ1) is 13.1. The summed E-state index contributed by atoms with van der Waals surface area (Å²) >= 11 is 2.83. The first-order valence-corrected chi connectivity index (χ1v) is 9.97. The first-order valence-electron chi connectivity index (χ1n) is 8.04. The summed E-state index contributed by atoms with van der Waals surface area (Å²) in [6.07, 6.45) is 0. The van der Waals surface area contributed by atoms with E-state index in [0.29, 0.717) is 34.7 Å². The monoisotopic (exact) mass is 405 g/mol. The number of hydrogen-bond acceptors (Lipinski definition) is 8. The van der Waals surface area contributed by atoms with Crippen molar-refractivity contribution in [2.45, 2.75) is 11.8 Å². The maximum atomic E-state index is 12.3. The van der Waals surface area contributed by atoms with E-state index in [1.54, 1.807) is 49.6 Å². The van der Waals surface area contributed by atoms with Crippen LogP contribution >= 0.6 is 23.1 Å². The molecule has 0 aliphatic heterocycles. The molecule has 1 amide bonds. The number of rotatable bonds is 8. The lowest BCUT2D eigenvalue weighted by Crippen LogP contribution is -2.27. The molecule has 0 saturated carbocycles. The molecule has 1 aromatic carbocycles. The fourth-order valence-electron chi connectivity index (χ4n) is 2.33. The molecule has 0 saturated heterocycles. The molecule has 27 heavy (non-hydrogen) atoms. The highest BCUT2D eigenvalue weighted by Gasteiger charge is 2.15. The summed E-state index contributed by atoms with van der Waals surface area (Å²) in [4.78, 5) is 13.9. The van der Waals surface area contributed by atoms with Crippen LogP contribution in [-0.4, -0.2) is 48.0 Å². The van der Waals surface area contributed by atoms with Crippen molar-refractivity contribution in [1.82, 2.24) is 15.1 Å². The van der Waals surface area contributed by atoms with Crippen molar-refractivity contribution in [1.29, 1.82) is 0 Å². The highest BCUT2D eigenvalue weighted by Crippen LogP contribution is 2.32. The number of aromatic nitrogens is 2. The van der Waals surface area contributed by atoms with Crippen molar-refractivity contribution in [3.8, 4) is 23.0 Å². The lowest BCUT2D eigenvalue weighted by molar-refractivity contribution is -0.127. The van der Waals surface area contributed by atoms with E-state index in [-0.39, 0.29) is 11.7 Å². The second-order valence-electron chi connectivity index (χ2n) is 5.61. The van der Waals surface area contributed by atoms with E-state index in [9.17, 15) is 4.79 Å². The van der Waals surface area contributed by atoms with Gasteiger partial charge in [0.1, 0.15) is 0 Å². The fourth-order valence-corrected chi connectivity index (χ4v) is 3.70. The van der Waals surface area contributed by atoms with E-state index in [1.165, 1.54) is 11.8 Å². The molecule has 0 fully saturated rings. The van der Waals surface area contributed by atoms with Gasteiger partial charge in [-0.15, -0.1) is 10.2 Å². The molecular formula is C18H19N3O4S2. The lowest BCUT2D eigenvalue weighted by Gasteiger charge is -2.15. The van der Waals surface area contributed by atoms with Crippen molar-refractivity contribution in [3.63, 3.8) is 0 Å². The summed E-state index contributed by atoms with van der Waals surface area (Å²) < 4.78 is 16.2. The maximum Gasteiger partial charge on any atom is 0.277 e. The minimum Gasteiger partial charge on any atom is -0.493 e. The Hall–Kier alpha value is -2.52.